The normalized spacial score (nSPS) is 18.4. The van der Waals surface area contributed by atoms with Gasteiger partial charge in [0.1, 0.15) is 0 Å². The van der Waals surface area contributed by atoms with Gasteiger partial charge in [0.15, 0.2) is 23.2 Å². The Morgan fingerprint density at radius 1 is 0.765 bits per heavy atom. The van der Waals surface area contributed by atoms with Gasteiger partial charge in [0, 0.05) is 11.1 Å². The quantitative estimate of drug-likeness (QED) is 0.259. The monoisotopic (exact) mass is 468 g/mol. The number of ether oxygens (including phenoxy) is 1. The Hall–Kier alpha value is -3.08. The Kier molecular flexibility index (Phi) is 7.40. The van der Waals surface area contributed by atoms with Crippen molar-refractivity contribution in [3.05, 3.63) is 88.5 Å². The molecule has 1 fully saturated rings. The van der Waals surface area contributed by atoms with Crippen LogP contribution in [0.1, 0.15) is 61.6 Å². The largest absolute Gasteiger partial charge is 0.494 e. The number of halogens is 4. The molecule has 3 aromatic rings. The average Bonchev–Trinajstić information content (AvgIpc) is 2.87. The van der Waals surface area contributed by atoms with Gasteiger partial charge in [-0.15, -0.1) is 0 Å². The fourth-order valence-electron chi connectivity index (χ4n) is 4.78. The van der Waals surface area contributed by atoms with Gasteiger partial charge in [-0.25, -0.2) is 13.2 Å². The van der Waals surface area contributed by atoms with Crippen molar-refractivity contribution in [3.8, 4) is 16.9 Å². The lowest BCUT2D eigenvalue weighted by atomic mass is 9.77. The van der Waals surface area contributed by atoms with Crippen molar-refractivity contribution in [3.63, 3.8) is 0 Å². The molecular formula is C29H28F4O. The van der Waals surface area contributed by atoms with Crippen LogP contribution >= 0.6 is 0 Å². The van der Waals surface area contributed by atoms with Gasteiger partial charge in [0.2, 0.25) is 5.82 Å². The first-order valence-corrected chi connectivity index (χ1v) is 11.7. The Morgan fingerprint density at radius 2 is 1.47 bits per heavy atom. The number of rotatable bonds is 6. The summed E-state index contributed by atoms with van der Waals surface area (Å²) in [7, 11) is 1.27. The Balaban J connectivity index is 1.51. The van der Waals surface area contributed by atoms with Crippen LogP contribution in [-0.2, 0) is 0 Å². The summed E-state index contributed by atoms with van der Waals surface area (Å²) in [4.78, 5) is 0. The molecule has 1 aliphatic rings. The number of benzene rings is 3. The second kappa shape index (κ2) is 10.5. The van der Waals surface area contributed by atoms with E-state index in [9.17, 15) is 17.6 Å². The van der Waals surface area contributed by atoms with E-state index in [1.165, 1.54) is 25.3 Å². The van der Waals surface area contributed by atoms with Gasteiger partial charge in [-0.2, -0.15) is 4.39 Å². The molecule has 0 unspecified atom stereocenters. The van der Waals surface area contributed by atoms with Crippen LogP contribution in [0.4, 0.5) is 17.6 Å². The second-order valence-corrected chi connectivity index (χ2v) is 8.90. The Bertz CT molecular complexity index is 1180. The van der Waals surface area contributed by atoms with Crippen LogP contribution in [0, 0.1) is 29.2 Å². The molecule has 34 heavy (non-hydrogen) atoms. The van der Waals surface area contributed by atoms with Crippen molar-refractivity contribution in [2.24, 2.45) is 5.92 Å². The fraction of sp³-hybridized carbons (Fsp3) is 0.310. The highest BCUT2D eigenvalue weighted by Crippen LogP contribution is 2.39. The smallest absolute Gasteiger partial charge is 0.201 e. The van der Waals surface area contributed by atoms with E-state index in [2.05, 4.69) is 6.92 Å². The fourth-order valence-corrected chi connectivity index (χ4v) is 4.78. The third kappa shape index (κ3) is 4.89. The number of hydrogen-bond donors (Lipinski definition) is 0. The first-order valence-electron chi connectivity index (χ1n) is 11.7. The lowest BCUT2D eigenvalue weighted by Gasteiger charge is -2.28. The van der Waals surface area contributed by atoms with Crippen molar-refractivity contribution >= 4 is 12.2 Å². The van der Waals surface area contributed by atoms with Crippen LogP contribution in [0.2, 0.25) is 0 Å². The molecule has 1 saturated carbocycles. The van der Waals surface area contributed by atoms with Crippen LogP contribution in [-0.4, -0.2) is 7.11 Å². The van der Waals surface area contributed by atoms with E-state index in [0.29, 0.717) is 22.6 Å². The highest BCUT2D eigenvalue weighted by atomic mass is 19.2. The molecule has 1 nitrogen and oxygen atoms in total. The molecule has 0 radical (unpaired) electrons. The Morgan fingerprint density at radius 3 is 2.12 bits per heavy atom. The maximum Gasteiger partial charge on any atom is 0.201 e. The van der Waals surface area contributed by atoms with Crippen molar-refractivity contribution in [1.82, 2.24) is 0 Å². The summed E-state index contributed by atoms with van der Waals surface area (Å²) in [6, 6.07) is 13.0. The molecule has 178 valence electrons. The number of hydrogen-bond acceptors (Lipinski definition) is 1. The minimum atomic E-state index is -1.04. The zero-order chi connectivity index (χ0) is 24.2. The molecule has 0 amide bonds. The highest BCUT2D eigenvalue weighted by Gasteiger charge is 2.26. The van der Waals surface area contributed by atoms with E-state index in [1.54, 1.807) is 42.5 Å². The first kappa shape index (κ1) is 24.1. The van der Waals surface area contributed by atoms with Crippen LogP contribution in [0.25, 0.3) is 23.3 Å². The summed E-state index contributed by atoms with van der Waals surface area (Å²) >= 11 is 0. The van der Waals surface area contributed by atoms with Gasteiger partial charge < -0.3 is 4.74 Å². The van der Waals surface area contributed by atoms with Crippen molar-refractivity contribution < 1.29 is 22.3 Å². The van der Waals surface area contributed by atoms with Crippen LogP contribution < -0.4 is 4.74 Å². The zero-order valence-corrected chi connectivity index (χ0v) is 19.4. The van der Waals surface area contributed by atoms with Gasteiger partial charge in [-0.3, -0.25) is 0 Å². The molecule has 1 aliphatic carbocycles. The molecule has 4 rings (SSSR count). The summed E-state index contributed by atoms with van der Waals surface area (Å²) in [5.41, 5.74) is 2.03. The number of methoxy groups -OCH3 is 1. The van der Waals surface area contributed by atoms with Gasteiger partial charge in [0.25, 0.3) is 0 Å². The molecule has 0 aliphatic heterocycles. The SMILES string of the molecule is CCC1CCC(c2ccc(-c3ccc(/C=C/c4ccc(OC)c(F)c4F)cc3)c(F)c2F)CC1. The molecule has 5 heteroatoms. The molecule has 0 bridgehead atoms. The molecule has 0 atom stereocenters. The molecule has 0 N–H and O–H groups in total. The van der Waals surface area contributed by atoms with Crippen LogP contribution in [0.15, 0.2) is 48.5 Å². The van der Waals surface area contributed by atoms with Crippen molar-refractivity contribution in [2.45, 2.75) is 44.9 Å². The van der Waals surface area contributed by atoms with Crippen molar-refractivity contribution in [2.75, 3.05) is 7.11 Å². The molecule has 0 aromatic heterocycles. The first-order chi connectivity index (χ1) is 16.4. The third-order valence-electron chi connectivity index (χ3n) is 6.95. The summed E-state index contributed by atoms with van der Waals surface area (Å²) in [6.07, 6.45) is 8.13. The molecule has 0 heterocycles. The third-order valence-corrected chi connectivity index (χ3v) is 6.95. The van der Waals surface area contributed by atoms with Crippen LogP contribution in [0.5, 0.6) is 5.75 Å². The minimum absolute atomic E-state index is 0.0713. The van der Waals surface area contributed by atoms with E-state index < -0.39 is 23.3 Å². The zero-order valence-electron chi connectivity index (χ0n) is 19.4. The maximum atomic E-state index is 15.0. The van der Waals surface area contributed by atoms with Gasteiger partial charge in [-0.05, 0) is 66.3 Å². The predicted octanol–water partition coefficient (Wildman–Crippen LogP) is 8.77. The average molecular weight is 469 g/mol. The van der Waals surface area contributed by atoms with E-state index in [0.717, 1.165) is 32.1 Å². The van der Waals surface area contributed by atoms with Crippen molar-refractivity contribution in [1.29, 1.82) is 0 Å². The summed E-state index contributed by atoms with van der Waals surface area (Å²) in [5, 5.41) is 0. The maximum absolute atomic E-state index is 15.0. The summed E-state index contributed by atoms with van der Waals surface area (Å²) in [6.45, 7) is 2.18. The molecule has 0 spiro atoms. The predicted molar refractivity (Wildman–Crippen MR) is 129 cm³/mol. The van der Waals surface area contributed by atoms with Gasteiger partial charge >= 0.3 is 0 Å². The molecule has 0 saturated heterocycles. The summed E-state index contributed by atoms with van der Waals surface area (Å²) in [5.74, 6) is -3.01. The second-order valence-electron chi connectivity index (χ2n) is 8.90. The van der Waals surface area contributed by atoms with Crippen LogP contribution in [0.3, 0.4) is 0 Å². The Labute approximate surface area is 198 Å². The van der Waals surface area contributed by atoms with Gasteiger partial charge in [0.05, 0.1) is 7.11 Å². The highest BCUT2D eigenvalue weighted by molar-refractivity contribution is 5.73. The molecular weight excluding hydrogens is 440 g/mol. The summed E-state index contributed by atoms with van der Waals surface area (Å²) < 4.78 is 62.7. The van der Waals surface area contributed by atoms with E-state index in [-0.39, 0.29) is 22.8 Å². The van der Waals surface area contributed by atoms with E-state index in [4.69, 9.17) is 4.74 Å². The minimum Gasteiger partial charge on any atom is -0.494 e. The van der Waals surface area contributed by atoms with Gasteiger partial charge in [-0.1, -0.05) is 61.9 Å². The standard InChI is InChI=1S/C29H28F4O/c1-3-18-4-9-20(10-5-18)23-15-16-24(28(32)27(23)31)21-11-6-19(7-12-21)8-13-22-14-17-25(34-2)29(33)26(22)30/h6-8,11-18,20H,3-5,9-10H2,1-2H3/b13-8+. The molecule has 3 aromatic carbocycles. The lowest BCUT2D eigenvalue weighted by molar-refractivity contribution is 0.312. The van der Waals surface area contributed by atoms with E-state index >= 15 is 0 Å². The lowest BCUT2D eigenvalue weighted by Crippen LogP contribution is -2.14. The van der Waals surface area contributed by atoms with E-state index in [1.807, 2.05) is 0 Å². The topological polar surface area (TPSA) is 9.23 Å².